The number of nitrogens with zero attached hydrogens (tertiary/aromatic N) is 1. The third kappa shape index (κ3) is 4.12. The molecule has 0 bridgehead atoms. The van der Waals surface area contributed by atoms with Crippen LogP contribution < -0.4 is 20.8 Å². The van der Waals surface area contributed by atoms with Gasteiger partial charge in [-0.05, 0) is 72.8 Å². The van der Waals surface area contributed by atoms with E-state index < -0.39 is 7.14 Å². The molecule has 1 aromatic heterocycles. The Morgan fingerprint density at radius 1 is 0.425 bits per heavy atom. The Morgan fingerprint density at radius 3 is 1.55 bits per heavy atom. The number of furan rings is 1. The van der Waals surface area contributed by atoms with Crippen molar-refractivity contribution in [1.82, 2.24) is 0 Å². The first kappa shape index (κ1) is 24.2. The topological polar surface area (TPSA) is 33.5 Å². The van der Waals surface area contributed by atoms with E-state index >= 15 is 4.57 Å². The van der Waals surface area contributed by atoms with Crippen molar-refractivity contribution in [3.8, 4) is 0 Å². The van der Waals surface area contributed by atoms with Crippen molar-refractivity contribution in [1.29, 1.82) is 0 Å². The molecule has 0 spiro atoms. The van der Waals surface area contributed by atoms with E-state index in [2.05, 4.69) is 47.4 Å². The van der Waals surface area contributed by atoms with Crippen LogP contribution in [-0.4, -0.2) is 0 Å². The highest BCUT2D eigenvalue weighted by Crippen LogP contribution is 2.44. The van der Waals surface area contributed by atoms with Gasteiger partial charge in [-0.25, -0.2) is 0 Å². The first-order valence-electron chi connectivity index (χ1n) is 13.3. The van der Waals surface area contributed by atoms with Crippen LogP contribution in [0, 0.1) is 0 Å². The molecule has 0 fully saturated rings. The minimum atomic E-state index is -3.19. The maximum absolute atomic E-state index is 15.3. The van der Waals surface area contributed by atoms with Gasteiger partial charge in [-0.2, -0.15) is 0 Å². The van der Waals surface area contributed by atoms with E-state index in [1.807, 2.05) is 115 Å². The fourth-order valence-electron chi connectivity index (χ4n) is 5.41. The van der Waals surface area contributed by atoms with Gasteiger partial charge in [0.2, 0.25) is 0 Å². The molecule has 0 saturated carbocycles. The molecule has 4 heteroatoms. The molecule has 0 amide bonds. The van der Waals surface area contributed by atoms with Gasteiger partial charge in [0.25, 0.3) is 0 Å². The molecule has 1 unspecified atom stereocenters. The van der Waals surface area contributed by atoms with Crippen molar-refractivity contribution < 1.29 is 8.98 Å². The first-order valence-corrected chi connectivity index (χ1v) is 15.0. The van der Waals surface area contributed by atoms with Crippen molar-refractivity contribution in [2.75, 3.05) is 4.90 Å². The number of para-hydroxylation sites is 3. The summed E-state index contributed by atoms with van der Waals surface area (Å²) < 4.78 is 21.4. The van der Waals surface area contributed by atoms with E-state index in [0.29, 0.717) is 0 Å². The molecule has 0 radical (unpaired) electrons. The van der Waals surface area contributed by atoms with Gasteiger partial charge in [0.05, 0.1) is 0 Å². The Balaban J connectivity index is 1.38. The van der Waals surface area contributed by atoms with Gasteiger partial charge in [-0.3, -0.25) is 0 Å². The van der Waals surface area contributed by atoms with Crippen LogP contribution in [0.4, 0.5) is 17.1 Å². The fourth-order valence-corrected chi connectivity index (χ4v) is 8.06. The van der Waals surface area contributed by atoms with Crippen molar-refractivity contribution in [3.63, 3.8) is 0 Å². The highest BCUT2D eigenvalue weighted by Gasteiger charge is 2.30. The highest BCUT2D eigenvalue weighted by atomic mass is 31.2. The quantitative estimate of drug-likeness (QED) is 0.200. The van der Waals surface area contributed by atoms with E-state index in [1.165, 1.54) is 0 Å². The summed E-state index contributed by atoms with van der Waals surface area (Å²) in [5, 5.41) is 4.37. The molecule has 40 heavy (non-hydrogen) atoms. The third-order valence-electron chi connectivity index (χ3n) is 7.34. The molecule has 192 valence electrons. The van der Waals surface area contributed by atoms with E-state index in [4.69, 9.17) is 4.42 Å². The summed E-state index contributed by atoms with van der Waals surface area (Å²) in [6.45, 7) is 0. The summed E-state index contributed by atoms with van der Waals surface area (Å²) >= 11 is 0. The Labute approximate surface area is 233 Å². The number of hydrogen-bond acceptors (Lipinski definition) is 3. The predicted molar refractivity (Wildman–Crippen MR) is 168 cm³/mol. The van der Waals surface area contributed by atoms with E-state index in [0.717, 1.165) is 54.9 Å². The molecule has 0 aliphatic heterocycles. The average molecular weight is 536 g/mol. The number of hydrogen-bond donors (Lipinski definition) is 0. The molecule has 1 atom stereocenters. The van der Waals surface area contributed by atoms with Crippen molar-refractivity contribution in [2.24, 2.45) is 0 Å². The summed E-state index contributed by atoms with van der Waals surface area (Å²) in [4.78, 5) is 2.21. The standard InChI is InChI=1S/C36H26NO2P/c38-40(30-16-8-3-9-17-30,32-24-25-36-34(26-32)33-18-10-11-19-35(33)39-36)31-22-20-29(21-23-31)37(27-12-4-1-5-13-27)28-14-6-2-7-15-28/h1-26H. The number of benzene rings is 6. The van der Waals surface area contributed by atoms with Crippen molar-refractivity contribution >= 4 is 62.1 Å². The van der Waals surface area contributed by atoms with E-state index in [1.54, 1.807) is 0 Å². The Kier molecular flexibility index (Phi) is 6.07. The second-order valence-corrected chi connectivity index (χ2v) is 12.5. The Bertz CT molecular complexity index is 1930. The summed E-state index contributed by atoms with van der Waals surface area (Å²) in [7, 11) is -3.19. The molecule has 7 rings (SSSR count). The van der Waals surface area contributed by atoms with Crippen molar-refractivity contribution in [2.45, 2.75) is 0 Å². The van der Waals surface area contributed by atoms with Crippen molar-refractivity contribution in [3.05, 3.63) is 158 Å². The van der Waals surface area contributed by atoms with Gasteiger partial charge in [0, 0.05) is 43.7 Å². The molecule has 3 nitrogen and oxygen atoms in total. The predicted octanol–water partition coefficient (Wildman–Crippen LogP) is 8.70. The lowest BCUT2D eigenvalue weighted by atomic mass is 10.1. The average Bonchev–Trinajstić information content (AvgIpc) is 3.41. The maximum atomic E-state index is 15.3. The van der Waals surface area contributed by atoms with Crippen LogP contribution in [0.25, 0.3) is 21.9 Å². The molecule has 7 aromatic rings. The zero-order valence-corrected chi connectivity index (χ0v) is 22.6. The molecule has 0 N–H and O–H groups in total. The minimum Gasteiger partial charge on any atom is -0.456 e. The smallest absolute Gasteiger partial charge is 0.171 e. The molecule has 6 aromatic carbocycles. The summed E-state index contributed by atoms with van der Waals surface area (Å²) in [5.74, 6) is 0. The van der Waals surface area contributed by atoms with Gasteiger partial charge >= 0.3 is 0 Å². The van der Waals surface area contributed by atoms with Crippen LogP contribution in [0.5, 0.6) is 0 Å². The zero-order valence-electron chi connectivity index (χ0n) is 21.7. The van der Waals surface area contributed by atoms with Gasteiger partial charge < -0.3 is 13.9 Å². The molecular weight excluding hydrogens is 509 g/mol. The molecule has 0 aliphatic carbocycles. The molecule has 1 heterocycles. The Hall–Kier alpha value is -4.85. The minimum absolute atomic E-state index is 0.786. The SMILES string of the molecule is O=P(c1ccccc1)(c1ccc(N(c2ccccc2)c2ccccc2)cc1)c1ccc2oc3ccccc3c2c1. The van der Waals surface area contributed by atoms with Crippen LogP contribution in [0.1, 0.15) is 0 Å². The van der Waals surface area contributed by atoms with Crippen LogP contribution in [0.3, 0.4) is 0 Å². The summed E-state index contributed by atoms with van der Waals surface area (Å²) in [5.41, 5.74) is 4.74. The monoisotopic (exact) mass is 535 g/mol. The van der Waals surface area contributed by atoms with E-state index in [9.17, 15) is 0 Å². The van der Waals surface area contributed by atoms with Gasteiger partial charge in [0.15, 0.2) is 7.14 Å². The van der Waals surface area contributed by atoms with Crippen LogP contribution in [0.2, 0.25) is 0 Å². The van der Waals surface area contributed by atoms with Crippen LogP contribution in [0.15, 0.2) is 162 Å². The number of anilines is 3. The van der Waals surface area contributed by atoms with Gasteiger partial charge in [0.1, 0.15) is 11.2 Å². The lowest BCUT2D eigenvalue weighted by Gasteiger charge is -2.26. The second-order valence-electron chi connectivity index (χ2n) is 9.75. The second kappa shape index (κ2) is 10.0. The first-order chi connectivity index (χ1) is 19.7. The largest absolute Gasteiger partial charge is 0.456 e. The van der Waals surface area contributed by atoms with Crippen LogP contribution >= 0.6 is 7.14 Å². The van der Waals surface area contributed by atoms with Gasteiger partial charge in [-0.1, -0.05) is 84.9 Å². The normalized spacial score (nSPS) is 12.8. The summed E-state index contributed by atoms with van der Waals surface area (Å²) in [6.07, 6.45) is 0. The van der Waals surface area contributed by atoms with E-state index in [-0.39, 0.29) is 0 Å². The van der Waals surface area contributed by atoms with Gasteiger partial charge in [-0.15, -0.1) is 0 Å². The molecular formula is C36H26NO2P. The molecule has 0 saturated heterocycles. The zero-order chi connectivity index (χ0) is 26.9. The highest BCUT2D eigenvalue weighted by molar-refractivity contribution is 7.85. The number of rotatable bonds is 6. The fraction of sp³-hybridized carbons (Fsp3) is 0. The maximum Gasteiger partial charge on any atom is 0.171 e. The molecule has 0 aliphatic rings. The summed E-state index contributed by atoms with van der Waals surface area (Å²) in [6, 6.07) is 52.5. The van der Waals surface area contributed by atoms with Crippen LogP contribution in [-0.2, 0) is 4.57 Å². The third-order valence-corrected chi connectivity index (χ3v) is 10.4. The lowest BCUT2D eigenvalue weighted by Crippen LogP contribution is -2.25. The number of fused-ring (bicyclic) bond motifs is 3. The Morgan fingerprint density at radius 2 is 0.900 bits per heavy atom. The lowest BCUT2D eigenvalue weighted by molar-refractivity contribution is 0.592.